The van der Waals surface area contributed by atoms with Crippen LogP contribution in [0.3, 0.4) is 0 Å². The van der Waals surface area contributed by atoms with Gasteiger partial charge in [-0.3, -0.25) is 9.36 Å². The number of benzene rings is 2. The number of anilines is 1. The first-order valence-electron chi connectivity index (χ1n) is 7.38. The Morgan fingerprint density at radius 3 is 2.75 bits per heavy atom. The number of rotatable bonds is 5. The lowest BCUT2D eigenvalue weighted by Crippen LogP contribution is -2.23. The molecule has 0 bridgehead atoms. The van der Waals surface area contributed by atoms with Gasteiger partial charge in [-0.2, -0.15) is 0 Å². The van der Waals surface area contributed by atoms with Gasteiger partial charge in [0.25, 0.3) is 5.56 Å². The Hall–Kier alpha value is -2.79. The first-order chi connectivity index (χ1) is 11.7. The fourth-order valence-corrected chi connectivity index (χ4v) is 2.41. The lowest BCUT2D eigenvalue weighted by Gasteiger charge is -2.10. The quantitative estimate of drug-likeness (QED) is 0.771. The van der Waals surface area contributed by atoms with Crippen molar-refractivity contribution < 1.29 is 4.74 Å². The standard InChI is InChI=1S/C18H16ClN3O2/c1-24-16-4-2-3-15(11-16)22-10-9-20-17(18(22)23)21-12-13-5-7-14(19)8-6-13/h2-11H,12H2,1H3,(H,20,21). The number of hydrogen-bond donors (Lipinski definition) is 1. The van der Waals surface area contributed by atoms with E-state index in [-0.39, 0.29) is 11.4 Å². The smallest absolute Gasteiger partial charge is 0.297 e. The van der Waals surface area contributed by atoms with E-state index in [1.165, 1.54) is 4.57 Å². The van der Waals surface area contributed by atoms with Crippen molar-refractivity contribution in [3.8, 4) is 11.4 Å². The van der Waals surface area contributed by atoms with Gasteiger partial charge in [-0.25, -0.2) is 4.98 Å². The molecule has 0 amide bonds. The van der Waals surface area contributed by atoms with Crippen molar-refractivity contribution in [2.45, 2.75) is 6.54 Å². The maximum Gasteiger partial charge on any atom is 0.297 e. The van der Waals surface area contributed by atoms with E-state index in [2.05, 4.69) is 10.3 Å². The van der Waals surface area contributed by atoms with Gasteiger partial charge >= 0.3 is 0 Å². The molecule has 1 aromatic heterocycles. The molecule has 0 aliphatic carbocycles. The minimum absolute atomic E-state index is 0.222. The van der Waals surface area contributed by atoms with Crippen LogP contribution in [-0.4, -0.2) is 16.7 Å². The number of methoxy groups -OCH3 is 1. The molecule has 0 aliphatic rings. The minimum Gasteiger partial charge on any atom is -0.497 e. The third-order valence-corrected chi connectivity index (χ3v) is 3.80. The van der Waals surface area contributed by atoms with E-state index < -0.39 is 0 Å². The lowest BCUT2D eigenvalue weighted by molar-refractivity contribution is 0.414. The molecular weight excluding hydrogens is 326 g/mol. The van der Waals surface area contributed by atoms with Crippen molar-refractivity contribution in [2.24, 2.45) is 0 Å². The van der Waals surface area contributed by atoms with Crippen LogP contribution in [-0.2, 0) is 6.54 Å². The van der Waals surface area contributed by atoms with Crippen molar-refractivity contribution in [3.05, 3.63) is 81.9 Å². The summed E-state index contributed by atoms with van der Waals surface area (Å²) in [6.45, 7) is 0.488. The third kappa shape index (κ3) is 3.58. The molecule has 24 heavy (non-hydrogen) atoms. The molecule has 0 saturated carbocycles. The van der Waals surface area contributed by atoms with Crippen LogP contribution in [0.25, 0.3) is 5.69 Å². The first kappa shape index (κ1) is 16.1. The van der Waals surface area contributed by atoms with Crippen molar-refractivity contribution in [1.82, 2.24) is 9.55 Å². The van der Waals surface area contributed by atoms with E-state index in [4.69, 9.17) is 16.3 Å². The van der Waals surface area contributed by atoms with Crippen LogP contribution in [0.15, 0.2) is 65.7 Å². The fraction of sp³-hybridized carbons (Fsp3) is 0.111. The highest BCUT2D eigenvalue weighted by Crippen LogP contribution is 2.15. The van der Waals surface area contributed by atoms with Crippen LogP contribution in [0.5, 0.6) is 5.75 Å². The van der Waals surface area contributed by atoms with E-state index in [9.17, 15) is 4.79 Å². The molecule has 1 heterocycles. The predicted molar refractivity (Wildman–Crippen MR) is 95.2 cm³/mol. The van der Waals surface area contributed by atoms with Gasteiger partial charge in [0.1, 0.15) is 5.75 Å². The average molecular weight is 342 g/mol. The highest BCUT2D eigenvalue weighted by Gasteiger charge is 2.07. The van der Waals surface area contributed by atoms with Gasteiger partial charge in [0.05, 0.1) is 12.8 Å². The highest BCUT2D eigenvalue weighted by atomic mass is 35.5. The summed E-state index contributed by atoms with van der Waals surface area (Å²) in [4.78, 5) is 16.8. The van der Waals surface area contributed by atoms with Gasteiger partial charge in [-0.1, -0.05) is 29.8 Å². The van der Waals surface area contributed by atoms with Gasteiger partial charge in [0, 0.05) is 30.0 Å². The number of halogens is 1. The zero-order chi connectivity index (χ0) is 16.9. The topological polar surface area (TPSA) is 56.1 Å². The van der Waals surface area contributed by atoms with Crippen LogP contribution in [0, 0.1) is 0 Å². The zero-order valence-electron chi connectivity index (χ0n) is 13.1. The van der Waals surface area contributed by atoms with Crippen LogP contribution >= 0.6 is 11.6 Å². The molecule has 5 nitrogen and oxygen atoms in total. The molecule has 6 heteroatoms. The molecule has 3 rings (SSSR count). The molecule has 0 aliphatic heterocycles. The predicted octanol–water partition coefficient (Wildman–Crippen LogP) is 3.51. The van der Waals surface area contributed by atoms with Gasteiger partial charge in [0.2, 0.25) is 0 Å². The molecule has 0 spiro atoms. The summed E-state index contributed by atoms with van der Waals surface area (Å²) in [7, 11) is 1.59. The Morgan fingerprint density at radius 2 is 2.00 bits per heavy atom. The maximum absolute atomic E-state index is 12.6. The molecule has 0 unspecified atom stereocenters. The molecule has 0 atom stereocenters. The highest BCUT2D eigenvalue weighted by molar-refractivity contribution is 6.30. The first-order valence-corrected chi connectivity index (χ1v) is 7.75. The molecule has 3 aromatic rings. The second-order valence-electron chi connectivity index (χ2n) is 5.13. The molecule has 0 saturated heterocycles. The second-order valence-corrected chi connectivity index (χ2v) is 5.57. The van der Waals surface area contributed by atoms with Crippen molar-refractivity contribution in [3.63, 3.8) is 0 Å². The number of nitrogens with one attached hydrogen (secondary N) is 1. The summed E-state index contributed by atoms with van der Waals surface area (Å²) in [6.07, 6.45) is 3.22. The summed E-state index contributed by atoms with van der Waals surface area (Å²) in [5.41, 5.74) is 1.51. The monoisotopic (exact) mass is 341 g/mol. The fourth-order valence-electron chi connectivity index (χ4n) is 2.28. The van der Waals surface area contributed by atoms with Gasteiger partial charge in [0.15, 0.2) is 5.82 Å². The normalized spacial score (nSPS) is 10.4. The Kier molecular flexibility index (Phi) is 4.82. The van der Waals surface area contributed by atoms with E-state index in [1.807, 2.05) is 42.5 Å². The number of ether oxygens (including phenoxy) is 1. The van der Waals surface area contributed by atoms with Gasteiger partial charge < -0.3 is 10.1 Å². The lowest BCUT2D eigenvalue weighted by atomic mass is 10.2. The molecule has 122 valence electrons. The van der Waals surface area contributed by atoms with Crippen molar-refractivity contribution >= 4 is 17.4 Å². The van der Waals surface area contributed by atoms with Crippen LogP contribution in [0.1, 0.15) is 5.56 Å². The van der Waals surface area contributed by atoms with Gasteiger partial charge in [-0.05, 0) is 29.8 Å². The molecule has 0 radical (unpaired) electrons. The van der Waals surface area contributed by atoms with Crippen LogP contribution in [0.4, 0.5) is 5.82 Å². The average Bonchev–Trinajstić information content (AvgIpc) is 2.62. The number of hydrogen-bond acceptors (Lipinski definition) is 4. The summed E-state index contributed by atoms with van der Waals surface area (Å²) < 4.78 is 6.73. The summed E-state index contributed by atoms with van der Waals surface area (Å²) in [6, 6.07) is 14.7. The van der Waals surface area contributed by atoms with E-state index in [0.29, 0.717) is 17.3 Å². The van der Waals surface area contributed by atoms with Gasteiger partial charge in [-0.15, -0.1) is 0 Å². The third-order valence-electron chi connectivity index (χ3n) is 3.55. The Bertz CT molecular complexity index is 891. The van der Waals surface area contributed by atoms with Crippen molar-refractivity contribution in [2.75, 3.05) is 12.4 Å². The Balaban J connectivity index is 1.85. The largest absolute Gasteiger partial charge is 0.497 e. The summed E-state index contributed by atoms with van der Waals surface area (Å²) >= 11 is 5.87. The Morgan fingerprint density at radius 1 is 1.21 bits per heavy atom. The van der Waals surface area contributed by atoms with Crippen LogP contribution < -0.4 is 15.6 Å². The minimum atomic E-state index is -0.222. The summed E-state index contributed by atoms with van der Waals surface area (Å²) in [5.74, 6) is 0.974. The maximum atomic E-state index is 12.6. The zero-order valence-corrected chi connectivity index (χ0v) is 13.8. The molecule has 2 aromatic carbocycles. The number of aromatic nitrogens is 2. The van der Waals surface area contributed by atoms with Crippen molar-refractivity contribution in [1.29, 1.82) is 0 Å². The van der Waals surface area contributed by atoms with E-state index >= 15 is 0 Å². The van der Waals surface area contributed by atoms with Crippen LogP contribution in [0.2, 0.25) is 5.02 Å². The molecule has 0 fully saturated rings. The summed E-state index contributed by atoms with van der Waals surface area (Å²) in [5, 5.41) is 3.75. The van der Waals surface area contributed by atoms with E-state index in [0.717, 1.165) is 11.3 Å². The Labute approximate surface area is 144 Å². The SMILES string of the molecule is COc1cccc(-n2ccnc(NCc3ccc(Cl)cc3)c2=O)c1. The molecular formula is C18H16ClN3O2. The second kappa shape index (κ2) is 7.19. The number of nitrogens with zero attached hydrogens (tertiary/aromatic N) is 2. The van der Waals surface area contributed by atoms with E-state index in [1.54, 1.807) is 25.6 Å². The molecule has 1 N–H and O–H groups in total.